The van der Waals surface area contributed by atoms with Gasteiger partial charge in [-0.15, -0.1) is 0 Å². The van der Waals surface area contributed by atoms with E-state index in [1.807, 2.05) is 0 Å². The SMILES string of the molecule is O=C(Nc1ccc(C(=O)N2CCC(F)(F)[C@](O)(CO)c3cc(Cl)ccc32)cc1)c1cc(F)ccc1C(F)F. The molecule has 0 bridgehead atoms. The fourth-order valence-corrected chi connectivity index (χ4v) is 4.40. The monoisotopic (exact) mass is 554 g/mol. The Kier molecular flexibility index (Phi) is 7.46. The Morgan fingerprint density at radius 2 is 1.74 bits per heavy atom. The van der Waals surface area contributed by atoms with Crippen LogP contribution in [0.5, 0.6) is 0 Å². The maximum Gasteiger partial charge on any atom is 0.284 e. The Morgan fingerprint density at radius 1 is 1.05 bits per heavy atom. The maximum atomic E-state index is 14.9. The molecule has 3 aromatic rings. The third kappa shape index (κ3) is 4.96. The largest absolute Gasteiger partial charge is 0.393 e. The molecular weight excluding hydrogens is 535 g/mol. The van der Waals surface area contributed by atoms with Crippen molar-refractivity contribution in [3.8, 4) is 0 Å². The minimum Gasteiger partial charge on any atom is -0.393 e. The number of hydrogen-bond donors (Lipinski definition) is 3. The summed E-state index contributed by atoms with van der Waals surface area (Å²) in [6.07, 6.45) is -3.98. The molecule has 0 radical (unpaired) electrons. The zero-order valence-electron chi connectivity index (χ0n) is 19.4. The molecule has 0 aliphatic carbocycles. The van der Waals surface area contributed by atoms with Gasteiger partial charge in [0.05, 0.1) is 17.9 Å². The van der Waals surface area contributed by atoms with Crippen LogP contribution in [-0.4, -0.2) is 41.1 Å². The summed E-state index contributed by atoms with van der Waals surface area (Å²) in [6, 6.07) is 11.1. The number of amides is 2. The van der Waals surface area contributed by atoms with Crippen LogP contribution in [0, 0.1) is 5.82 Å². The predicted octanol–water partition coefficient (Wildman–Crippen LogP) is 5.53. The molecule has 0 spiro atoms. The smallest absolute Gasteiger partial charge is 0.284 e. The third-order valence-electron chi connectivity index (χ3n) is 6.31. The molecule has 1 heterocycles. The van der Waals surface area contributed by atoms with E-state index in [0.717, 1.165) is 23.1 Å². The lowest BCUT2D eigenvalue weighted by atomic mass is 9.86. The molecule has 1 atom stereocenters. The molecule has 0 aromatic heterocycles. The Morgan fingerprint density at radius 3 is 2.37 bits per heavy atom. The zero-order valence-corrected chi connectivity index (χ0v) is 20.2. The number of nitrogens with one attached hydrogen (secondary N) is 1. The van der Waals surface area contributed by atoms with E-state index in [0.29, 0.717) is 6.07 Å². The Hall–Kier alpha value is -3.54. The third-order valence-corrected chi connectivity index (χ3v) is 6.54. The first kappa shape index (κ1) is 27.5. The second-order valence-electron chi connectivity index (χ2n) is 8.65. The molecule has 200 valence electrons. The zero-order chi connectivity index (χ0) is 27.8. The van der Waals surface area contributed by atoms with Gasteiger partial charge in [-0.05, 0) is 60.7 Å². The van der Waals surface area contributed by atoms with Gasteiger partial charge in [0.2, 0.25) is 0 Å². The summed E-state index contributed by atoms with van der Waals surface area (Å²) in [4.78, 5) is 26.8. The first-order chi connectivity index (χ1) is 17.9. The number of alkyl halides is 4. The topological polar surface area (TPSA) is 89.9 Å². The van der Waals surface area contributed by atoms with Crippen LogP contribution in [0.1, 0.15) is 44.7 Å². The van der Waals surface area contributed by atoms with E-state index in [-0.39, 0.29) is 22.0 Å². The molecular formula is C26H20ClF5N2O4. The van der Waals surface area contributed by atoms with Crippen molar-refractivity contribution in [1.29, 1.82) is 0 Å². The summed E-state index contributed by atoms with van der Waals surface area (Å²) in [5.41, 5.74) is -4.58. The van der Waals surface area contributed by atoms with Crippen molar-refractivity contribution in [3.63, 3.8) is 0 Å². The van der Waals surface area contributed by atoms with E-state index in [1.54, 1.807) is 0 Å². The molecule has 3 aromatic carbocycles. The standard InChI is InChI=1S/C26H20ClF5N2O4/c27-15-3-8-21-20(11-15)25(38,13-35)26(31,32)9-10-34(21)24(37)14-1-5-17(6-2-14)33-23(36)19-12-16(28)4-7-18(19)22(29)30/h1-8,11-12,22,35,38H,9-10,13H2,(H,33,36)/t25-/m0/s1. The summed E-state index contributed by atoms with van der Waals surface area (Å²) in [5.74, 6) is -6.39. The molecule has 0 fully saturated rings. The van der Waals surface area contributed by atoms with Crippen molar-refractivity contribution in [2.45, 2.75) is 24.4 Å². The molecule has 0 saturated heterocycles. The molecule has 0 saturated carbocycles. The maximum absolute atomic E-state index is 14.9. The van der Waals surface area contributed by atoms with Gasteiger partial charge in [0, 0.05) is 40.4 Å². The highest BCUT2D eigenvalue weighted by Gasteiger charge is 2.56. The van der Waals surface area contributed by atoms with Gasteiger partial charge in [-0.2, -0.15) is 0 Å². The van der Waals surface area contributed by atoms with Gasteiger partial charge in [-0.3, -0.25) is 9.59 Å². The van der Waals surface area contributed by atoms with Crippen molar-refractivity contribution in [2.24, 2.45) is 0 Å². The van der Waals surface area contributed by atoms with Crippen molar-refractivity contribution in [1.82, 2.24) is 0 Å². The number of aliphatic hydroxyl groups excluding tert-OH is 1. The highest BCUT2D eigenvalue weighted by atomic mass is 35.5. The number of fused-ring (bicyclic) bond motifs is 1. The first-order valence-corrected chi connectivity index (χ1v) is 11.6. The number of aliphatic hydroxyl groups is 2. The molecule has 2 amide bonds. The Bertz CT molecular complexity index is 1390. The highest BCUT2D eigenvalue weighted by Crippen LogP contribution is 2.47. The number of rotatable bonds is 5. The normalized spacial score (nSPS) is 18.6. The van der Waals surface area contributed by atoms with Crippen LogP contribution < -0.4 is 10.2 Å². The fourth-order valence-electron chi connectivity index (χ4n) is 4.23. The molecule has 0 unspecified atom stereocenters. The number of nitrogens with zero attached hydrogens (tertiary/aromatic N) is 1. The number of carbonyl (C=O) groups excluding carboxylic acids is 2. The summed E-state index contributed by atoms with van der Waals surface area (Å²) in [7, 11) is 0. The van der Waals surface area contributed by atoms with Gasteiger partial charge in [-0.1, -0.05) is 11.6 Å². The molecule has 4 rings (SSSR count). The van der Waals surface area contributed by atoms with E-state index in [1.165, 1.54) is 36.4 Å². The number of hydrogen-bond acceptors (Lipinski definition) is 4. The first-order valence-electron chi connectivity index (χ1n) is 11.2. The van der Waals surface area contributed by atoms with Crippen LogP contribution in [0.15, 0.2) is 60.7 Å². The van der Waals surface area contributed by atoms with Crippen LogP contribution in [0.3, 0.4) is 0 Å². The van der Waals surface area contributed by atoms with Gasteiger partial charge in [0.15, 0.2) is 5.60 Å². The van der Waals surface area contributed by atoms with Crippen molar-refractivity contribution in [2.75, 3.05) is 23.4 Å². The van der Waals surface area contributed by atoms with Crippen LogP contribution in [0.25, 0.3) is 0 Å². The van der Waals surface area contributed by atoms with E-state index in [4.69, 9.17) is 11.6 Å². The average Bonchev–Trinajstić information content (AvgIpc) is 2.96. The van der Waals surface area contributed by atoms with Crippen molar-refractivity contribution in [3.05, 3.63) is 93.8 Å². The number of benzene rings is 3. The molecule has 38 heavy (non-hydrogen) atoms. The molecule has 12 heteroatoms. The van der Waals surface area contributed by atoms with Crippen LogP contribution in [0.4, 0.5) is 33.3 Å². The van der Waals surface area contributed by atoms with Gasteiger partial charge in [-0.25, -0.2) is 22.0 Å². The molecule has 1 aliphatic heterocycles. The highest BCUT2D eigenvalue weighted by molar-refractivity contribution is 6.30. The lowest BCUT2D eigenvalue weighted by Crippen LogP contribution is -2.48. The minimum absolute atomic E-state index is 0.00844. The Balaban J connectivity index is 1.61. The van der Waals surface area contributed by atoms with E-state index in [2.05, 4.69) is 5.32 Å². The van der Waals surface area contributed by atoms with Gasteiger partial charge in [0.1, 0.15) is 5.82 Å². The lowest BCUT2D eigenvalue weighted by molar-refractivity contribution is -0.205. The minimum atomic E-state index is -3.79. The fraction of sp³-hybridized carbons (Fsp3) is 0.231. The Labute approximate surface area is 218 Å². The van der Waals surface area contributed by atoms with E-state index in [9.17, 15) is 41.8 Å². The number of anilines is 2. The van der Waals surface area contributed by atoms with Gasteiger partial charge < -0.3 is 20.4 Å². The number of carbonyl (C=O) groups is 2. The summed E-state index contributed by atoms with van der Waals surface area (Å²) in [5, 5.41) is 22.7. The second-order valence-corrected chi connectivity index (χ2v) is 9.09. The van der Waals surface area contributed by atoms with Crippen LogP contribution >= 0.6 is 11.6 Å². The van der Waals surface area contributed by atoms with E-state index < -0.39 is 71.8 Å². The predicted molar refractivity (Wildman–Crippen MR) is 129 cm³/mol. The van der Waals surface area contributed by atoms with Crippen LogP contribution in [-0.2, 0) is 5.60 Å². The van der Waals surface area contributed by atoms with Crippen molar-refractivity contribution < 1.29 is 41.8 Å². The second kappa shape index (κ2) is 10.3. The quantitative estimate of drug-likeness (QED) is 0.362. The van der Waals surface area contributed by atoms with Crippen LogP contribution in [0.2, 0.25) is 5.02 Å². The summed E-state index contributed by atoms with van der Waals surface area (Å²) in [6.45, 7) is -1.82. The van der Waals surface area contributed by atoms with E-state index >= 15 is 0 Å². The van der Waals surface area contributed by atoms with Gasteiger partial charge in [0.25, 0.3) is 24.2 Å². The summed E-state index contributed by atoms with van der Waals surface area (Å²) < 4.78 is 69.8. The van der Waals surface area contributed by atoms with Crippen molar-refractivity contribution >= 4 is 34.8 Å². The average molecular weight is 555 g/mol. The molecule has 1 aliphatic rings. The lowest BCUT2D eigenvalue weighted by Gasteiger charge is -2.33. The molecule has 6 nitrogen and oxygen atoms in total. The number of halogens is 6. The summed E-state index contributed by atoms with van der Waals surface area (Å²) >= 11 is 5.95. The van der Waals surface area contributed by atoms with Gasteiger partial charge >= 0.3 is 0 Å². The molecule has 3 N–H and O–H groups in total.